The van der Waals surface area contributed by atoms with Crippen LogP contribution in [0.25, 0.3) is 0 Å². The summed E-state index contributed by atoms with van der Waals surface area (Å²) in [6, 6.07) is 31.7. The number of hydrogen-bond acceptors (Lipinski definition) is 1. The fraction of sp³-hybridized carbons (Fsp3) is 0.182. The molecule has 3 heteroatoms. The molecule has 1 saturated heterocycles. The fourth-order valence-electron chi connectivity index (χ4n) is 4.05. The topological polar surface area (TPSA) is 9.23 Å². The van der Waals surface area contributed by atoms with Gasteiger partial charge in [-0.2, -0.15) is 0 Å². The van der Waals surface area contributed by atoms with Crippen molar-refractivity contribution in [3.8, 4) is 0 Å². The normalized spacial score (nSPS) is 19.2. The van der Waals surface area contributed by atoms with Crippen LogP contribution in [-0.2, 0) is 4.74 Å². The third-order valence-corrected chi connectivity index (χ3v) is 13.1. The van der Waals surface area contributed by atoms with Gasteiger partial charge in [-0.3, -0.25) is 0 Å². The van der Waals surface area contributed by atoms with Crippen LogP contribution in [-0.4, -0.2) is 12.5 Å². The van der Waals surface area contributed by atoms with Crippen LogP contribution in [0, 0.1) is 0 Å². The number of hydrogen-bond donors (Lipinski definition) is 0. The van der Waals surface area contributed by atoms with Crippen molar-refractivity contribution < 1.29 is 4.74 Å². The summed E-state index contributed by atoms with van der Waals surface area (Å²) in [7, 11) is 0. The molecule has 128 valence electrons. The van der Waals surface area contributed by atoms with Crippen molar-refractivity contribution in [3.63, 3.8) is 0 Å². The summed E-state index contributed by atoms with van der Waals surface area (Å²) in [5.41, 5.74) is 0. The molecule has 1 atom stereocenters. The molecule has 1 unspecified atom stereocenters. The number of ether oxygens (including phenoxy) is 1. The summed E-state index contributed by atoms with van der Waals surface area (Å²) in [5, 5.41) is 3.54. The van der Waals surface area contributed by atoms with Crippen LogP contribution in [0.3, 0.4) is 0 Å². The summed E-state index contributed by atoms with van der Waals surface area (Å²) in [5.74, 6) is -3.26. The van der Waals surface area contributed by atoms with Crippen molar-refractivity contribution in [1.29, 1.82) is 0 Å². The molecule has 1 aliphatic heterocycles. The van der Waals surface area contributed by atoms with E-state index in [1.165, 1.54) is 15.9 Å². The Labute approximate surface area is 154 Å². The second-order valence-electron chi connectivity index (χ2n) is 6.55. The van der Waals surface area contributed by atoms with Crippen molar-refractivity contribution in [1.82, 2.24) is 0 Å². The van der Waals surface area contributed by atoms with E-state index in [1.54, 1.807) is 0 Å². The molecule has 1 aliphatic rings. The van der Waals surface area contributed by atoms with Gasteiger partial charge in [0.1, 0.15) is 0 Å². The SMILES string of the molecule is ClP(c1ccccc1)(c1ccccc1)(c1ccccc1)C1CCCO1. The van der Waals surface area contributed by atoms with Gasteiger partial charge in [0.25, 0.3) is 0 Å². The van der Waals surface area contributed by atoms with Crippen LogP contribution in [0.2, 0.25) is 0 Å². The van der Waals surface area contributed by atoms with Crippen molar-refractivity contribution >= 4 is 33.1 Å². The number of benzene rings is 3. The van der Waals surface area contributed by atoms with E-state index in [2.05, 4.69) is 72.8 Å². The van der Waals surface area contributed by atoms with Gasteiger partial charge in [0, 0.05) is 0 Å². The molecule has 0 aromatic heterocycles. The van der Waals surface area contributed by atoms with Gasteiger partial charge >= 0.3 is 154 Å². The third kappa shape index (κ3) is 2.46. The van der Waals surface area contributed by atoms with Crippen LogP contribution in [0.5, 0.6) is 0 Å². The molecule has 0 aliphatic carbocycles. The van der Waals surface area contributed by atoms with Gasteiger partial charge < -0.3 is 0 Å². The van der Waals surface area contributed by atoms with Gasteiger partial charge in [-0.15, -0.1) is 0 Å². The molecule has 25 heavy (non-hydrogen) atoms. The van der Waals surface area contributed by atoms with E-state index in [9.17, 15) is 0 Å². The Balaban J connectivity index is 2.12. The average molecular weight is 369 g/mol. The summed E-state index contributed by atoms with van der Waals surface area (Å²) in [6.07, 6.45) is 2.04. The zero-order valence-electron chi connectivity index (χ0n) is 14.1. The molecule has 4 rings (SSSR count). The van der Waals surface area contributed by atoms with Crippen molar-refractivity contribution in [2.45, 2.75) is 18.7 Å². The number of halogens is 1. The minimum absolute atomic E-state index is 0.000123. The Morgan fingerprint density at radius 3 is 1.40 bits per heavy atom. The first-order valence-electron chi connectivity index (χ1n) is 8.76. The molecule has 0 radical (unpaired) electrons. The van der Waals surface area contributed by atoms with Gasteiger partial charge in [-0.1, -0.05) is 0 Å². The van der Waals surface area contributed by atoms with E-state index in [0.29, 0.717) is 0 Å². The molecule has 0 amide bonds. The Kier molecular flexibility index (Phi) is 4.41. The predicted molar refractivity (Wildman–Crippen MR) is 110 cm³/mol. The molecule has 1 fully saturated rings. The predicted octanol–water partition coefficient (Wildman–Crippen LogP) is 4.81. The second-order valence-corrected chi connectivity index (χ2v) is 12.9. The molecular weight excluding hydrogens is 347 g/mol. The quantitative estimate of drug-likeness (QED) is 0.601. The van der Waals surface area contributed by atoms with E-state index in [4.69, 9.17) is 16.0 Å². The van der Waals surface area contributed by atoms with Gasteiger partial charge in [0.15, 0.2) is 0 Å². The molecule has 0 spiro atoms. The Bertz CT molecular complexity index is 730. The summed E-state index contributed by atoms with van der Waals surface area (Å²) in [6.45, 7) is 0.780. The number of rotatable bonds is 4. The maximum atomic E-state index is 7.99. The molecule has 0 N–H and O–H groups in total. The van der Waals surface area contributed by atoms with Gasteiger partial charge in [0.2, 0.25) is 0 Å². The Hall–Kier alpha value is -1.66. The molecule has 0 saturated carbocycles. The van der Waals surface area contributed by atoms with E-state index < -0.39 is 5.96 Å². The van der Waals surface area contributed by atoms with Crippen molar-refractivity contribution in [2.75, 3.05) is 6.61 Å². The van der Waals surface area contributed by atoms with Crippen molar-refractivity contribution in [3.05, 3.63) is 91.0 Å². The summed E-state index contributed by atoms with van der Waals surface area (Å²) in [4.78, 5) is 0. The molecule has 1 nitrogen and oxygen atoms in total. The summed E-state index contributed by atoms with van der Waals surface area (Å²) >= 11 is 7.99. The molecule has 3 aromatic rings. The maximum absolute atomic E-state index is 7.99. The molecule has 3 aromatic carbocycles. The zero-order chi connectivity index (χ0) is 17.2. The molecule has 1 heterocycles. The van der Waals surface area contributed by atoms with E-state index in [0.717, 1.165) is 19.4 Å². The van der Waals surface area contributed by atoms with Crippen LogP contribution in [0.15, 0.2) is 91.0 Å². The van der Waals surface area contributed by atoms with Gasteiger partial charge in [-0.05, 0) is 0 Å². The van der Waals surface area contributed by atoms with E-state index in [1.807, 2.05) is 18.2 Å². The van der Waals surface area contributed by atoms with Crippen LogP contribution < -0.4 is 15.9 Å². The van der Waals surface area contributed by atoms with E-state index >= 15 is 0 Å². The molecule has 0 bridgehead atoms. The average Bonchev–Trinajstić information content (AvgIpc) is 3.25. The molecular formula is C22H22ClOP. The fourth-order valence-corrected chi connectivity index (χ4v) is 10.7. The first-order chi connectivity index (χ1) is 12.2. The third-order valence-electron chi connectivity index (χ3n) is 5.23. The van der Waals surface area contributed by atoms with Crippen LogP contribution >= 0.6 is 17.2 Å². The van der Waals surface area contributed by atoms with Gasteiger partial charge in [-0.25, -0.2) is 0 Å². The van der Waals surface area contributed by atoms with Gasteiger partial charge in [0.05, 0.1) is 0 Å². The zero-order valence-corrected chi connectivity index (χ0v) is 15.7. The second kappa shape index (κ2) is 6.57. The van der Waals surface area contributed by atoms with E-state index in [-0.39, 0.29) is 5.85 Å². The Morgan fingerprint density at radius 1 is 0.680 bits per heavy atom. The monoisotopic (exact) mass is 368 g/mol. The minimum atomic E-state index is -3.26. The van der Waals surface area contributed by atoms with Crippen LogP contribution in [0.4, 0.5) is 0 Å². The first kappa shape index (κ1) is 16.8. The Morgan fingerprint density at radius 2 is 1.08 bits per heavy atom. The first-order valence-corrected chi connectivity index (χ1v) is 12.0. The standard InChI is InChI=1S/C22H22ClOP/c23-25(22-17-10-18-24-22,19-11-4-1-5-12-19,20-13-6-2-7-14-20)21-15-8-3-9-16-21/h1-9,11-16,22H,10,17-18H2. The van der Waals surface area contributed by atoms with Crippen molar-refractivity contribution in [2.24, 2.45) is 0 Å². The van der Waals surface area contributed by atoms with Crippen LogP contribution in [0.1, 0.15) is 12.8 Å². The summed E-state index contributed by atoms with van der Waals surface area (Å²) < 4.78 is 6.31.